The zero-order chi connectivity index (χ0) is 21.0. The van der Waals surface area contributed by atoms with Crippen LogP contribution in [0.3, 0.4) is 0 Å². The molecule has 1 heterocycles. The average Bonchev–Trinajstić information content (AvgIpc) is 3.15. The van der Waals surface area contributed by atoms with E-state index in [4.69, 9.17) is 16.0 Å². The second-order valence-electron chi connectivity index (χ2n) is 5.80. The molecule has 1 N–H and O–H groups in total. The quantitative estimate of drug-likeness (QED) is 0.551. The number of anilines is 1. The Hall–Kier alpha value is -2.72. The molecule has 7 nitrogen and oxygen atoms in total. The van der Waals surface area contributed by atoms with Crippen LogP contribution in [0.15, 0.2) is 51.8 Å². The third-order valence-corrected chi connectivity index (χ3v) is 6.19. The van der Waals surface area contributed by atoms with Gasteiger partial charge in [0.15, 0.2) is 9.84 Å². The molecule has 1 aromatic heterocycles. The SMILES string of the molecule is CCS(=O)(=O)c1c(Cl)cccc1CNc1nnc(-c2cccc(OC(F)F)c2)o1. The van der Waals surface area contributed by atoms with Crippen LogP contribution in [-0.2, 0) is 16.4 Å². The number of aromatic nitrogens is 2. The fourth-order valence-corrected chi connectivity index (χ4v) is 4.31. The van der Waals surface area contributed by atoms with Gasteiger partial charge in [-0.15, -0.1) is 5.10 Å². The van der Waals surface area contributed by atoms with Crippen LogP contribution < -0.4 is 10.1 Å². The summed E-state index contributed by atoms with van der Waals surface area (Å²) in [4.78, 5) is 0.0493. The van der Waals surface area contributed by atoms with E-state index in [1.54, 1.807) is 18.2 Å². The lowest BCUT2D eigenvalue weighted by Crippen LogP contribution is -2.11. The van der Waals surface area contributed by atoms with Crippen LogP contribution >= 0.6 is 11.6 Å². The van der Waals surface area contributed by atoms with E-state index in [1.165, 1.54) is 31.2 Å². The molecule has 0 saturated carbocycles. The van der Waals surface area contributed by atoms with E-state index >= 15 is 0 Å². The van der Waals surface area contributed by atoms with Gasteiger partial charge in [0.1, 0.15) is 5.75 Å². The molecule has 29 heavy (non-hydrogen) atoms. The number of hydrogen-bond donors (Lipinski definition) is 1. The summed E-state index contributed by atoms with van der Waals surface area (Å²) < 4.78 is 59.2. The Kier molecular flexibility index (Phi) is 6.33. The fraction of sp³-hybridized carbons (Fsp3) is 0.222. The van der Waals surface area contributed by atoms with Crippen molar-refractivity contribution in [2.24, 2.45) is 0 Å². The first kappa shape index (κ1) is 21.0. The third kappa shape index (κ3) is 5.01. The van der Waals surface area contributed by atoms with Crippen molar-refractivity contribution in [1.82, 2.24) is 10.2 Å². The summed E-state index contributed by atoms with van der Waals surface area (Å²) >= 11 is 6.09. The Labute approximate surface area is 170 Å². The zero-order valence-electron chi connectivity index (χ0n) is 15.1. The molecule has 0 aliphatic carbocycles. The Balaban J connectivity index is 1.78. The van der Waals surface area contributed by atoms with Crippen molar-refractivity contribution in [3.05, 3.63) is 53.1 Å². The molecular weight excluding hydrogens is 428 g/mol. The number of alkyl halides is 2. The van der Waals surface area contributed by atoms with Crippen molar-refractivity contribution < 1.29 is 26.4 Å². The van der Waals surface area contributed by atoms with Gasteiger partial charge >= 0.3 is 12.6 Å². The Morgan fingerprint density at radius 3 is 2.69 bits per heavy atom. The highest BCUT2D eigenvalue weighted by Gasteiger charge is 2.20. The molecule has 0 aliphatic heterocycles. The van der Waals surface area contributed by atoms with Crippen molar-refractivity contribution in [2.45, 2.75) is 25.0 Å². The van der Waals surface area contributed by atoms with E-state index in [0.29, 0.717) is 11.1 Å². The third-order valence-electron chi connectivity index (χ3n) is 3.90. The number of benzene rings is 2. The van der Waals surface area contributed by atoms with Crippen LogP contribution in [0.2, 0.25) is 5.02 Å². The monoisotopic (exact) mass is 443 g/mol. The van der Waals surface area contributed by atoms with Crippen LogP contribution in [0.25, 0.3) is 11.5 Å². The van der Waals surface area contributed by atoms with Gasteiger partial charge in [0.2, 0.25) is 5.89 Å². The lowest BCUT2D eigenvalue weighted by atomic mass is 10.2. The van der Waals surface area contributed by atoms with Gasteiger partial charge in [-0.1, -0.05) is 41.8 Å². The maximum atomic E-state index is 12.4. The molecule has 0 unspecified atom stereocenters. The van der Waals surface area contributed by atoms with Crippen LogP contribution in [-0.4, -0.2) is 31.0 Å². The summed E-state index contributed by atoms with van der Waals surface area (Å²) in [6, 6.07) is 10.6. The minimum Gasteiger partial charge on any atom is -0.435 e. The summed E-state index contributed by atoms with van der Waals surface area (Å²) in [7, 11) is -3.53. The van der Waals surface area contributed by atoms with Crippen molar-refractivity contribution in [2.75, 3.05) is 11.1 Å². The first-order valence-electron chi connectivity index (χ1n) is 8.43. The Morgan fingerprint density at radius 1 is 1.21 bits per heavy atom. The lowest BCUT2D eigenvalue weighted by molar-refractivity contribution is -0.0498. The van der Waals surface area contributed by atoms with Gasteiger partial charge in [0.05, 0.1) is 15.7 Å². The smallest absolute Gasteiger partial charge is 0.387 e. The molecule has 0 amide bonds. The molecule has 0 radical (unpaired) electrons. The maximum Gasteiger partial charge on any atom is 0.387 e. The highest BCUT2D eigenvalue weighted by Crippen LogP contribution is 2.28. The molecule has 2 aromatic carbocycles. The van der Waals surface area contributed by atoms with Crippen molar-refractivity contribution in [3.63, 3.8) is 0 Å². The van der Waals surface area contributed by atoms with Gasteiger partial charge in [-0.2, -0.15) is 8.78 Å². The van der Waals surface area contributed by atoms with Crippen molar-refractivity contribution in [3.8, 4) is 17.2 Å². The van der Waals surface area contributed by atoms with Gasteiger partial charge in [-0.25, -0.2) is 8.42 Å². The minimum atomic E-state index is -3.53. The van der Waals surface area contributed by atoms with E-state index in [2.05, 4.69) is 20.3 Å². The summed E-state index contributed by atoms with van der Waals surface area (Å²) in [6.07, 6.45) is 0. The molecule has 3 rings (SSSR count). The molecular formula is C18H16ClF2N3O4S. The van der Waals surface area contributed by atoms with Gasteiger partial charge in [-0.3, -0.25) is 0 Å². The van der Waals surface area contributed by atoms with Crippen molar-refractivity contribution >= 4 is 27.5 Å². The van der Waals surface area contributed by atoms with E-state index in [0.717, 1.165) is 0 Å². The Bertz CT molecular complexity index is 1110. The molecule has 0 fully saturated rings. The summed E-state index contributed by atoms with van der Waals surface area (Å²) in [5.74, 6) is -0.0517. The van der Waals surface area contributed by atoms with E-state index < -0.39 is 16.4 Å². The fourth-order valence-electron chi connectivity index (χ4n) is 2.57. The summed E-state index contributed by atoms with van der Waals surface area (Å²) in [5, 5.41) is 10.7. The summed E-state index contributed by atoms with van der Waals surface area (Å²) in [5.41, 5.74) is 0.840. The van der Waals surface area contributed by atoms with Crippen LogP contribution in [0.5, 0.6) is 5.75 Å². The minimum absolute atomic E-state index is 0.0278. The maximum absolute atomic E-state index is 12.4. The predicted octanol–water partition coefficient (Wildman–Crippen LogP) is 4.40. The van der Waals surface area contributed by atoms with Gasteiger partial charge in [-0.05, 0) is 29.8 Å². The van der Waals surface area contributed by atoms with Gasteiger partial charge < -0.3 is 14.5 Å². The number of nitrogens with one attached hydrogen (secondary N) is 1. The lowest BCUT2D eigenvalue weighted by Gasteiger charge is -2.11. The molecule has 11 heteroatoms. The number of nitrogens with zero attached hydrogens (tertiary/aromatic N) is 2. The normalized spacial score (nSPS) is 11.6. The second kappa shape index (κ2) is 8.75. The molecule has 0 aliphatic rings. The van der Waals surface area contributed by atoms with Crippen molar-refractivity contribution in [1.29, 1.82) is 0 Å². The van der Waals surface area contributed by atoms with E-state index in [1.807, 2.05) is 0 Å². The number of sulfone groups is 1. The average molecular weight is 444 g/mol. The first-order valence-corrected chi connectivity index (χ1v) is 10.5. The standard InChI is InChI=1S/C18H16ClF2N3O4S/c1-2-29(25,26)15-12(6-4-8-14(15)19)10-22-18-24-23-16(28-18)11-5-3-7-13(9-11)27-17(20)21/h3-9,17H,2,10H2,1H3,(H,22,24). The van der Waals surface area contributed by atoms with Gasteiger partial charge in [0.25, 0.3) is 0 Å². The largest absolute Gasteiger partial charge is 0.435 e. The number of halogens is 3. The van der Waals surface area contributed by atoms with Crippen LogP contribution in [0.1, 0.15) is 12.5 Å². The molecule has 0 atom stereocenters. The van der Waals surface area contributed by atoms with Gasteiger partial charge in [0, 0.05) is 12.1 Å². The topological polar surface area (TPSA) is 94.3 Å². The highest BCUT2D eigenvalue weighted by atomic mass is 35.5. The summed E-state index contributed by atoms with van der Waals surface area (Å²) in [6.45, 7) is -1.34. The second-order valence-corrected chi connectivity index (χ2v) is 8.43. The molecule has 3 aromatic rings. The molecule has 0 saturated heterocycles. The number of hydrogen-bond acceptors (Lipinski definition) is 7. The highest BCUT2D eigenvalue weighted by molar-refractivity contribution is 7.91. The number of rotatable bonds is 8. The molecule has 0 bridgehead atoms. The molecule has 154 valence electrons. The van der Waals surface area contributed by atoms with E-state index in [-0.39, 0.29) is 39.9 Å². The van der Waals surface area contributed by atoms with E-state index in [9.17, 15) is 17.2 Å². The molecule has 0 spiro atoms. The first-order chi connectivity index (χ1) is 13.8. The predicted molar refractivity (Wildman–Crippen MR) is 103 cm³/mol. The van der Waals surface area contributed by atoms with Crippen LogP contribution in [0.4, 0.5) is 14.8 Å². The Morgan fingerprint density at radius 2 is 1.97 bits per heavy atom. The zero-order valence-corrected chi connectivity index (χ0v) is 16.7. The van der Waals surface area contributed by atoms with Crippen LogP contribution in [0, 0.1) is 0 Å². The number of ether oxygens (including phenoxy) is 1.